The van der Waals surface area contributed by atoms with Gasteiger partial charge >= 0.3 is 0 Å². The van der Waals surface area contributed by atoms with Crippen LogP contribution in [0.25, 0.3) is 0 Å². The second-order valence-corrected chi connectivity index (χ2v) is 6.65. The molecule has 0 radical (unpaired) electrons. The fourth-order valence-electron chi connectivity index (χ4n) is 3.12. The van der Waals surface area contributed by atoms with E-state index in [-0.39, 0.29) is 29.3 Å². The summed E-state index contributed by atoms with van der Waals surface area (Å²) in [5.74, 6) is 0.949. The zero-order chi connectivity index (χ0) is 16.6. The number of aryl methyl sites for hydroxylation is 1. The monoisotopic (exact) mass is 314 g/mol. The minimum atomic E-state index is -0.151. The van der Waals surface area contributed by atoms with Gasteiger partial charge in [-0.3, -0.25) is 9.48 Å². The van der Waals surface area contributed by atoms with Crippen LogP contribution in [0, 0.1) is 5.41 Å². The van der Waals surface area contributed by atoms with E-state index in [1.807, 2.05) is 37.4 Å². The molecule has 1 fully saturated rings. The van der Waals surface area contributed by atoms with Gasteiger partial charge in [0.2, 0.25) is 5.82 Å². The van der Waals surface area contributed by atoms with Crippen LogP contribution in [0.15, 0.2) is 36.7 Å². The number of carbonyl (C=O) groups excluding carboxylic acids is 1. The highest BCUT2D eigenvalue weighted by Gasteiger charge is 2.53. The molecule has 2 unspecified atom stereocenters. The van der Waals surface area contributed by atoms with Gasteiger partial charge in [-0.1, -0.05) is 32.0 Å². The molecule has 2 atom stereocenters. The summed E-state index contributed by atoms with van der Waals surface area (Å²) in [6.07, 6.45) is 2.42. The normalized spacial score (nSPS) is 22.3. The van der Waals surface area contributed by atoms with Crippen LogP contribution in [0.3, 0.4) is 0 Å². The number of para-hydroxylation sites is 1. The Morgan fingerprint density at radius 3 is 2.61 bits per heavy atom. The highest BCUT2D eigenvalue weighted by Crippen LogP contribution is 2.45. The van der Waals surface area contributed by atoms with E-state index in [0.29, 0.717) is 0 Å². The number of hydrogen-bond acceptors (Lipinski definition) is 4. The summed E-state index contributed by atoms with van der Waals surface area (Å²) in [6, 6.07) is 9.90. The smallest absolute Gasteiger partial charge is 0.293 e. The molecular formula is C17H22N4O2. The first kappa shape index (κ1) is 15.5. The zero-order valence-electron chi connectivity index (χ0n) is 13.9. The van der Waals surface area contributed by atoms with Crippen LogP contribution in [0.2, 0.25) is 0 Å². The van der Waals surface area contributed by atoms with E-state index < -0.39 is 0 Å². The molecule has 1 amide bonds. The second kappa shape index (κ2) is 5.68. The molecule has 1 saturated carbocycles. The molecular weight excluding hydrogens is 292 g/mol. The fraction of sp³-hybridized carbons (Fsp3) is 0.471. The van der Waals surface area contributed by atoms with Crippen LogP contribution in [-0.4, -0.2) is 44.8 Å². The van der Waals surface area contributed by atoms with Gasteiger partial charge in [-0.15, -0.1) is 5.10 Å². The van der Waals surface area contributed by atoms with Crippen LogP contribution in [0.1, 0.15) is 30.9 Å². The highest BCUT2D eigenvalue weighted by molar-refractivity contribution is 5.90. The third kappa shape index (κ3) is 2.81. The van der Waals surface area contributed by atoms with E-state index in [0.717, 1.165) is 12.2 Å². The molecule has 2 aromatic rings. The van der Waals surface area contributed by atoms with Crippen molar-refractivity contribution in [1.82, 2.24) is 19.7 Å². The molecule has 1 aromatic heterocycles. The van der Waals surface area contributed by atoms with Crippen LogP contribution in [-0.2, 0) is 7.05 Å². The average molecular weight is 314 g/mol. The lowest BCUT2D eigenvalue weighted by Crippen LogP contribution is -2.63. The Morgan fingerprint density at radius 2 is 2.04 bits per heavy atom. The van der Waals surface area contributed by atoms with Gasteiger partial charge in [-0.05, 0) is 12.1 Å². The molecule has 0 N–H and O–H groups in total. The van der Waals surface area contributed by atoms with Crippen molar-refractivity contribution in [3.63, 3.8) is 0 Å². The first-order valence-corrected chi connectivity index (χ1v) is 7.74. The Bertz CT molecular complexity index is 696. The predicted molar refractivity (Wildman–Crippen MR) is 86.1 cm³/mol. The van der Waals surface area contributed by atoms with Crippen molar-refractivity contribution in [2.24, 2.45) is 12.5 Å². The van der Waals surface area contributed by atoms with Gasteiger partial charge in [0.15, 0.2) is 0 Å². The Morgan fingerprint density at radius 1 is 1.35 bits per heavy atom. The first-order chi connectivity index (χ1) is 10.9. The van der Waals surface area contributed by atoms with Crippen molar-refractivity contribution in [2.45, 2.75) is 32.4 Å². The maximum Gasteiger partial charge on any atom is 0.293 e. The Hall–Kier alpha value is -2.37. The number of nitrogens with zero attached hydrogens (tertiary/aromatic N) is 4. The van der Waals surface area contributed by atoms with Crippen molar-refractivity contribution in [1.29, 1.82) is 0 Å². The molecule has 122 valence electrons. The molecule has 6 nitrogen and oxygen atoms in total. The van der Waals surface area contributed by atoms with Crippen LogP contribution in [0.4, 0.5) is 0 Å². The number of amides is 1. The number of hydrogen-bond donors (Lipinski definition) is 0. The Kier molecular flexibility index (Phi) is 3.83. The van der Waals surface area contributed by atoms with Gasteiger partial charge in [-0.25, -0.2) is 4.98 Å². The van der Waals surface area contributed by atoms with Crippen molar-refractivity contribution in [3.05, 3.63) is 42.5 Å². The Balaban J connectivity index is 1.67. The van der Waals surface area contributed by atoms with Gasteiger partial charge in [0, 0.05) is 32.0 Å². The molecule has 0 saturated heterocycles. The maximum absolute atomic E-state index is 12.5. The highest BCUT2D eigenvalue weighted by atomic mass is 16.5. The maximum atomic E-state index is 12.5. The standard InChI is InChI=1S/C17H22N4O2/c1-17(2)13(10-14(17)23-12-8-6-5-7-9-12)21(4)16(22)15-18-11-20(3)19-15/h5-9,11,13-14H,10H2,1-4H3. The first-order valence-electron chi connectivity index (χ1n) is 7.74. The third-order valence-electron chi connectivity index (χ3n) is 4.73. The number of aromatic nitrogens is 3. The van der Waals surface area contributed by atoms with Crippen LogP contribution in [0.5, 0.6) is 5.75 Å². The minimum absolute atomic E-state index is 0.0850. The minimum Gasteiger partial charge on any atom is -0.490 e. The SMILES string of the molecule is CN(C(=O)c1ncn(C)n1)C1CC(Oc2ccccc2)C1(C)C. The zero-order valence-corrected chi connectivity index (χ0v) is 13.9. The van der Waals surface area contributed by atoms with Crippen molar-refractivity contribution >= 4 is 5.91 Å². The van der Waals surface area contributed by atoms with Crippen LogP contribution < -0.4 is 4.74 Å². The predicted octanol–water partition coefficient (Wildman–Crippen LogP) is 2.13. The number of carbonyl (C=O) groups is 1. The van der Waals surface area contributed by atoms with E-state index in [1.165, 1.54) is 11.0 Å². The largest absolute Gasteiger partial charge is 0.490 e. The molecule has 0 aliphatic heterocycles. The lowest BCUT2D eigenvalue weighted by atomic mass is 9.63. The van der Waals surface area contributed by atoms with Crippen molar-refractivity contribution in [2.75, 3.05) is 7.05 Å². The van der Waals surface area contributed by atoms with E-state index >= 15 is 0 Å². The van der Waals surface area contributed by atoms with E-state index in [4.69, 9.17) is 4.74 Å². The average Bonchev–Trinajstić information content (AvgIpc) is 2.97. The summed E-state index contributed by atoms with van der Waals surface area (Å²) in [7, 11) is 3.56. The lowest BCUT2D eigenvalue weighted by Gasteiger charge is -2.54. The fourth-order valence-corrected chi connectivity index (χ4v) is 3.12. The number of benzene rings is 1. The molecule has 1 aliphatic carbocycles. The lowest BCUT2D eigenvalue weighted by molar-refractivity contribution is -0.0888. The summed E-state index contributed by atoms with van der Waals surface area (Å²) in [6.45, 7) is 4.26. The topological polar surface area (TPSA) is 60.2 Å². The molecule has 3 rings (SSSR count). The summed E-state index contributed by atoms with van der Waals surface area (Å²) in [5.41, 5.74) is -0.130. The molecule has 23 heavy (non-hydrogen) atoms. The molecule has 6 heteroatoms. The van der Waals surface area contributed by atoms with Gasteiger partial charge < -0.3 is 9.64 Å². The number of ether oxygens (including phenoxy) is 1. The molecule has 1 aliphatic rings. The third-order valence-corrected chi connectivity index (χ3v) is 4.73. The van der Waals surface area contributed by atoms with E-state index in [1.54, 1.807) is 11.9 Å². The van der Waals surface area contributed by atoms with Gasteiger partial charge in [-0.2, -0.15) is 0 Å². The quantitative estimate of drug-likeness (QED) is 0.867. The second-order valence-electron chi connectivity index (χ2n) is 6.65. The summed E-state index contributed by atoms with van der Waals surface area (Å²) < 4.78 is 7.60. The summed E-state index contributed by atoms with van der Waals surface area (Å²) in [4.78, 5) is 18.3. The van der Waals surface area contributed by atoms with Crippen molar-refractivity contribution < 1.29 is 9.53 Å². The van der Waals surface area contributed by atoms with Gasteiger partial charge in [0.05, 0.1) is 0 Å². The van der Waals surface area contributed by atoms with E-state index in [9.17, 15) is 4.79 Å². The molecule has 0 spiro atoms. The van der Waals surface area contributed by atoms with Gasteiger partial charge in [0.25, 0.3) is 5.91 Å². The van der Waals surface area contributed by atoms with Crippen LogP contribution >= 0.6 is 0 Å². The summed E-state index contributed by atoms with van der Waals surface area (Å²) in [5, 5.41) is 4.09. The van der Waals surface area contributed by atoms with Crippen molar-refractivity contribution in [3.8, 4) is 5.75 Å². The number of rotatable bonds is 4. The molecule has 0 bridgehead atoms. The molecule has 1 aromatic carbocycles. The van der Waals surface area contributed by atoms with Gasteiger partial charge in [0.1, 0.15) is 18.2 Å². The van der Waals surface area contributed by atoms with E-state index in [2.05, 4.69) is 23.9 Å². The molecule has 1 heterocycles. The summed E-state index contributed by atoms with van der Waals surface area (Å²) >= 11 is 0. The Labute approximate surface area is 136 Å².